The molecule has 0 N–H and O–H groups in total. The highest BCUT2D eigenvalue weighted by Crippen LogP contribution is 2.28. The van der Waals surface area contributed by atoms with Gasteiger partial charge in [-0.1, -0.05) is 48.0 Å². The van der Waals surface area contributed by atoms with E-state index in [1.807, 2.05) is 35.7 Å². The van der Waals surface area contributed by atoms with Crippen molar-refractivity contribution in [3.05, 3.63) is 77.4 Å². The van der Waals surface area contributed by atoms with Gasteiger partial charge in [-0.2, -0.15) is 0 Å². The second-order valence-electron chi connectivity index (χ2n) is 4.95. The van der Waals surface area contributed by atoms with Crippen molar-refractivity contribution in [2.24, 2.45) is 0 Å². The Morgan fingerprint density at radius 2 is 2.08 bits per heavy atom. The van der Waals surface area contributed by atoms with Crippen molar-refractivity contribution in [1.29, 1.82) is 0 Å². The highest BCUT2D eigenvalue weighted by atomic mass is 35.5. The van der Waals surface area contributed by atoms with Crippen molar-refractivity contribution >= 4 is 34.0 Å². The third-order valence-electron chi connectivity index (χ3n) is 3.29. The van der Waals surface area contributed by atoms with Crippen molar-refractivity contribution in [3.8, 4) is 11.3 Å². The summed E-state index contributed by atoms with van der Waals surface area (Å²) in [6.45, 7) is 4.06. The van der Waals surface area contributed by atoms with E-state index in [4.69, 9.17) is 11.6 Å². The fourth-order valence-corrected chi connectivity index (χ4v) is 3.17. The second kappa shape index (κ2) is 7.38. The summed E-state index contributed by atoms with van der Waals surface area (Å²) < 4.78 is 0. The van der Waals surface area contributed by atoms with Crippen LogP contribution in [0.3, 0.4) is 0 Å². The number of carbonyl (C=O) groups is 1. The molecule has 3 aromatic rings. The summed E-state index contributed by atoms with van der Waals surface area (Å²) in [5, 5.41) is 3.00. The van der Waals surface area contributed by atoms with Crippen LogP contribution in [-0.2, 0) is 0 Å². The molecule has 0 unspecified atom stereocenters. The van der Waals surface area contributed by atoms with Crippen LogP contribution in [0.1, 0.15) is 10.5 Å². The molecule has 0 saturated heterocycles. The van der Waals surface area contributed by atoms with Crippen LogP contribution < -0.4 is 4.90 Å². The number of anilines is 1. The zero-order valence-electron chi connectivity index (χ0n) is 12.7. The molecule has 0 atom stereocenters. The van der Waals surface area contributed by atoms with Gasteiger partial charge in [-0.15, -0.1) is 17.9 Å². The van der Waals surface area contributed by atoms with Crippen LogP contribution >= 0.6 is 22.9 Å². The number of hydrogen-bond acceptors (Lipinski definition) is 4. The van der Waals surface area contributed by atoms with Crippen molar-refractivity contribution in [3.63, 3.8) is 0 Å². The lowest BCUT2D eigenvalue weighted by molar-refractivity contribution is 0.0985. The van der Waals surface area contributed by atoms with Gasteiger partial charge in [-0.05, 0) is 12.1 Å². The number of thiazole rings is 1. The Kier molecular flexibility index (Phi) is 5.03. The fraction of sp³-hybridized carbons (Fsp3) is 0.0556. The van der Waals surface area contributed by atoms with Crippen molar-refractivity contribution < 1.29 is 4.79 Å². The number of nitrogens with zero attached hydrogens (tertiary/aromatic N) is 3. The van der Waals surface area contributed by atoms with Gasteiger partial charge >= 0.3 is 0 Å². The maximum atomic E-state index is 12.8. The van der Waals surface area contributed by atoms with Crippen molar-refractivity contribution in [2.45, 2.75) is 0 Å². The van der Waals surface area contributed by atoms with Gasteiger partial charge in [0.2, 0.25) is 0 Å². The summed E-state index contributed by atoms with van der Waals surface area (Å²) in [5.41, 5.74) is 2.12. The molecule has 3 rings (SSSR count). The lowest BCUT2D eigenvalue weighted by atomic mass is 10.2. The highest BCUT2D eigenvalue weighted by molar-refractivity contribution is 7.14. The first-order chi connectivity index (χ1) is 11.7. The number of hydrogen-bond donors (Lipinski definition) is 0. The standard InChI is InChI=1S/C18H14ClN3OS/c1-2-10-22(17(23)15-11-14(19)8-9-20-15)18-21-16(12-24-18)13-6-4-3-5-7-13/h2-9,11-12H,1,10H2. The Balaban J connectivity index is 1.93. The smallest absolute Gasteiger partial charge is 0.279 e. The van der Waals surface area contributed by atoms with Crippen LogP contribution in [0.2, 0.25) is 5.02 Å². The molecule has 0 aliphatic heterocycles. The minimum absolute atomic E-state index is 0.258. The predicted molar refractivity (Wildman–Crippen MR) is 98.7 cm³/mol. The molecule has 0 aliphatic carbocycles. The Morgan fingerprint density at radius 1 is 1.29 bits per heavy atom. The Labute approximate surface area is 149 Å². The number of pyridine rings is 1. The van der Waals surface area contributed by atoms with E-state index in [0.717, 1.165) is 11.3 Å². The lowest BCUT2D eigenvalue weighted by Gasteiger charge is -2.17. The summed E-state index contributed by atoms with van der Waals surface area (Å²) in [7, 11) is 0. The van der Waals surface area contributed by atoms with Gasteiger partial charge in [-0.3, -0.25) is 14.7 Å². The molecule has 120 valence electrons. The van der Waals surface area contributed by atoms with Gasteiger partial charge < -0.3 is 0 Å². The average Bonchev–Trinajstić information content (AvgIpc) is 3.09. The van der Waals surface area contributed by atoms with Crippen molar-refractivity contribution in [1.82, 2.24) is 9.97 Å². The van der Waals surface area contributed by atoms with E-state index in [9.17, 15) is 4.79 Å². The van der Waals surface area contributed by atoms with E-state index in [-0.39, 0.29) is 11.6 Å². The molecule has 1 amide bonds. The highest BCUT2D eigenvalue weighted by Gasteiger charge is 2.21. The van der Waals surface area contributed by atoms with E-state index < -0.39 is 0 Å². The van der Waals surface area contributed by atoms with Crippen LogP contribution in [-0.4, -0.2) is 22.4 Å². The van der Waals surface area contributed by atoms with E-state index in [1.165, 1.54) is 17.5 Å². The SMILES string of the molecule is C=CCN(C(=O)c1cc(Cl)ccn1)c1nc(-c2ccccc2)cs1. The first-order valence-corrected chi connectivity index (χ1v) is 8.50. The molecule has 2 heterocycles. The normalized spacial score (nSPS) is 10.4. The number of amides is 1. The third-order valence-corrected chi connectivity index (χ3v) is 4.39. The third kappa shape index (κ3) is 3.53. The molecule has 0 aliphatic rings. The lowest BCUT2D eigenvalue weighted by Crippen LogP contribution is -2.31. The molecule has 6 heteroatoms. The minimum atomic E-state index is -0.258. The molecule has 2 aromatic heterocycles. The second-order valence-corrected chi connectivity index (χ2v) is 6.22. The van der Waals surface area contributed by atoms with Crippen LogP contribution in [0, 0.1) is 0 Å². The van der Waals surface area contributed by atoms with Crippen LogP contribution in [0.25, 0.3) is 11.3 Å². The van der Waals surface area contributed by atoms with Crippen molar-refractivity contribution in [2.75, 3.05) is 11.4 Å². The molecule has 0 saturated carbocycles. The zero-order valence-corrected chi connectivity index (χ0v) is 14.3. The monoisotopic (exact) mass is 355 g/mol. The number of halogens is 1. The maximum absolute atomic E-state index is 12.8. The first-order valence-electron chi connectivity index (χ1n) is 7.24. The van der Waals surface area contributed by atoms with Crippen LogP contribution in [0.15, 0.2) is 66.7 Å². The Morgan fingerprint density at radius 3 is 2.79 bits per heavy atom. The fourth-order valence-electron chi connectivity index (χ4n) is 2.17. The quantitative estimate of drug-likeness (QED) is 0.623. The van der Waals surface area contributed by atoms with Gasteiger partial charge in [0.05, 0.1) is 5.69 Å². The zero-order chi connectivity index (χ0) is 16.9. The molecular formula is C18H14ClN3OS. The number of aromatic nitrogens is 2. The van der Waals surface area contributed by atoms with Gasteiger partial charge in [0.15, 0.2) is 5.13 Å². The first kappa shape index (κ1) is 16.4. The Hall–Kier alpha value is -2.50. The van der Waals surface area contributed by atoms with Gasteiger partial charge in [0, 0.05) is 28.7 Å². The van der Waals surface area contributed by atoms with E-state index in [0.29, 0.717) is 16.7 Å². The molecule has 0 bridgehead atoms. The van der Waals surface area contributed by atoms with Gasteiger partial charge in [0.25, 0.3) is 5.91 Å². The van der Waals surface area contributed by atoms with E-state index in [1.54, 1.807) is 23.1 Å². The summed E-state index contributed by atoms with van der Waals surface area (Å²) >= 11 is 7.36. The van der Waals surface area contributed by atoms with Gasteiger partial charge in [0.1, 0.15) is 5.69 Å². The predicted octanol–water partition coefficient (Wildman–Crippen LogP) is 4.69. The molecule has 0 fully saturated rings. The number of rotatable bonds is 5. The molecule has 4 nitrogen and oxygen atoms in total. The van der Waals surface area contributed by atoms with E-state index >= 15 is 0 Å². The number of benzene rings is 1. The summed E-state index contributed by atoms with van der Waals surface area (Å²) in [5.74, 6) is -0.258. The number of carbonyl (C=O) groups excluding carboxylic acids is 1. The Bertz CT molecular complexity index is 863. The summed E-state index contributed by atoms with van der Waals surface area (Å²) in [4.78, 5) is 23.0. The molecule has 0 spiro atoms. The summed E-state index contributed by atoms with van der Waals surface area (Å²) in [6.07, 6.45) is 3.17. The molecule has 24 heavy (non-hydrogen) atoms. The van der Waals surface area contributed by atoms with Crippen LogP contribution in [0.4, 0.5) is 5.13 Å². The molecule has 1 aromatic carbocycles. The van der Waals surface area contributed by atoms with Gasteiger partial charge in [-0.25, -0.2) is 4.98 Å². The average molecular weight is 356 g/mol. The largest absolute Gasteiger partial charge is 0.279 e. The summed E-state index contributed by atoms with van der Waals surface area (Å²) in [6, 6.07) is 13.0. The topological polar surface area (TPSA) is 46.1 Å². The molecular weight excluding hydrogens is 342 g/mol. The van der Waals surface area contributed by atoms with E-state index in [2.05, 4.69) is 16.5 Å². The van der Waals surface area contributed by atoms with Crippen LogP contribution in [0.5, 0.6) is 0 Å². The molecule has 0 radical (unpaired) electrons. The minimum Gasteiger partial charge on any atom is -0.279 e. The maximum Gasteiger partial charge on any atom is 0.279 e.